The summed E-state index contributed by atoms with van der Waals surface area (Å²) in [6.45, 7) is 2.12. The van der Waals surface area contributed by atoms with Crippen molar-refractivity contribution >= 4 is 11.6 Å². The fourth-order valence-electron chi connectivity index (χ4n) is 1.84. The Bertz CT molecular complexity index is 569. The molecule has 0 aliphatic rings. The fourth-order valence-corrected chi connectivity index (χ4v) is 2.01. The van der Waals surface area contributed by atoms with E-state index in [1.54, 1.807) is 12.1 Å². The zero-order valence-electron chi connectivity index (χ0n) is 11.1. The molecule has 0 aromatic heterocycles. The third-order valence-electron chi connectivity index (χ3n) is 3.05. The minimum absolute atomic E-state index is 0.201. The van der Waals surface area contributed by atoms with Crippen LogP contribution in [0.1, 0.15) is 30.6 Å². The molecule has 0 spiro atoms. The molecule has 20 heavy (non-hydrogen) atoms. The Balaban J connectivity index is 2.02. The van der Waals surface area contributed by atoms with Crippen LogP contribution in [0.5, 0.6) is 5.75 Å². The lowest BCUT2D eigenvalue weighted by Gasteiger charge is -2.11. The molecule has 0 fully saturated rings. The standard InChI is InChI=1S/C16H16ClFO2/c1-2-16(19)11-3-6-14(7-4-11)20-10-12-9-13(18)5-8-15(12)17/h3-9,16,19H,2,10H2,1H3/t16-/m0/s1. The zero-order valence-corrected chi connectivity index (χ0v) is 11.9. The summed E-state index contributed by atoms with van der Waals surface area (Å²) in [6, 6.07) is 11.4. The summed E-state index contributed by atoms with van der Waals surface area (Å²) in [5.41, 5.74) is 1.45. The van der Waals surface area contributed by atoms with Crippen LogP contribution in [0.4, 0.5) is 4.39 Å². The number of hydrogen-bond acceptors (Lipinski definition) is 2. The van der Waals surface area contributed by atoms with Crippen LogP contribution in [0.2, 0.25) is 5.02 Å². The number of halogens is 2. The zero-order chi connectivity index (χ0) is 14.5. The maximum absolute atomic E-state index is 13.1. The maximum Gasteiger partial charge on any atom is 0.123 e. The van der Waals surface area contributed by atoms with Crippen LogP contribution in [0.3, 0.4) is 0 Å². The van der Waals surface area contributed by atoms with Crippen molar-refractivity contribution in [2.75, 3.05) is 0 Å². The molecular weight excluding hydrogens is 279 g/mol. The molecule has 0 saturated carbocycles. The van der Waals surface area contributed by atoms with Crippen molar-refractivity contribution in [3.8, 4) is 5.75 Å². The van der Waals surface area contributed by atoms with Crippen molar-refractivity contribution in [1.82, 2.24) is 0 Å². The van der Waals surface area contributed by atoms with Crippen LogP contribution < -0.4 is 4.74 Å². The van der Waals surface area contributed by atoms with E-state index in [9.17, 15) is 9.50 Å². The van der Waals surface area contributed by atoms with Gasteiger partial charge >= 0.3 is 0 Å². The molecular formula is C16H16ClFO2. The monoisotopic (exact) mass is 294 g/mol. The van der Waals surface area contributed by atoms with E-state index >= 15 is 0 Å². The van der Waals surface area contributed by atoms with Gasteiger partial charge < -0.3 is 9.84 Å². The maximum atomic E-state index is 13.1. The summed E-state index contributed by atoms with van der Waals surface area (Å²) >= 11 is 5.97. The summed E-state index contributed by atoms with van der Waals surface area (Å²) in [6.07, 6.45) is 0.209. The van der Waals surface area contributed by atoms with Gasteiger partial charge in [-0.1, -0.05) is 30.7 Å². The molecule has 106 valence electrons. The first kappa shape index (κ1) is 14.8. The quantitative estimate of drug-likeness (QED) is 0.879. The molecule has 0 saturated heterocycles. The SMILES string of the molecule is CC[C@H](O)c1ccc(OCc2cc(F)ccc2Cl)cc1. The minimum Gasteiger partial charge on any atom is -0.489 e. The summed E-state index contributed by atoms with van der Waals surface area (Å²) in [7, 11) is 0. The second-order valence-corrected chi connectivity index (χ2v) is 4.92. The molecule has 4 heteroatoms. The molecule has 0 bridgehead atoms. The van der Waals surface area contributed by atoms with Crippen molar-refractivity contribution in [3.05, 3.63) is 64.4 Å². The first-order valence-electron chi connectivity index (χ1n) is 6.45. The normalized spacial score (nSPS) is 12.2. The first-order valence-corrected chi connectivity index (χ1v) is 6.82. The van der Waals surface area contributed by atoms with Crippen molar-refractivity contribution in [1.29, 1.82) is 0 Å². The minimum atomic E-state index is -0.457. The average Bonchev–Trinajstić information content (AvgIpc) is 2.48. The Labute approximate surface area is 122 Å². The van der Waals surface area contributed by atoms with Gasteiger partial charge in [0.25, 0.3) is 0 Å². The van der Waals surface area contributed by atoms with E-state index in [4.69, 9.17) is 16.3 Å². The van der Waals surface area contributed by atoms with Crippen LogP contribution in [0.25, 0.3) is 0 Å². The van der Waals surface area contributed by atoms with Crippen molar-refractivity contribution < 1.29 is 14.2 Å². The van der Waals surface area contributed by atoms with Gasteiger partial charge in [-0.2, -0.15) is 0 Å². The van der Waals surface area contributed by atoms with Gasteiger partial charge in [0, 0.05) is 10.6 Å². The predicted octanol–water partition coefficient (Wildman–Crippen LogP) is 4.50. The molecule has 0 radical (unpaired) electrons. The molecule has 0 heterocycles. The molecule has 0 aliphatic carbocycles. The molecule has 2 nitrogen and oxygen atoms in total. The third-order valence-corrected chi connectivity index (χ3v) is 3.42. The molecule has 2 aromatic rings. The van der Waals surface area contributed by atoms with E-state index in [0.29, 0.717) is 22.8 Å². The summed E-state index contributed by atoms with van der Waals surface area (Å²) in [5, 5.41) is 10.2. The number of ether oxygens (including phenoxy) is 1. The summed E-state index contributed by atoms with van der Waals surface area (Å²) in [5.74, 6) is 0.312. The fraction of sp³-hybridized carbons (Fsp3) is 0.250. The van der Waals surface area contributed by atoms with Crippen molar-refractivity contribution in [2.45, 2.75) is 26.1 Å². The summed E-state index contributed by atoms with van der Waals surface area (Å²) < 4.78 is 18.7. The van der Waals surface area contributed by atoms with Gasteiger partial charge in [-0.15, -0.1) is 0 Å². The molecule has 0 unspecified atom stereocenters. The Morgan fingerprint density at radius 3 is 2.55 bits per heavy atom. The highest BCUT2D eigenvalue weighted by Crippen LogP contribution is 2.22. The van der Waals surface area contributed by atoms with Gasteiger partial charge in [0.2, 0.25) is 0 Å². The van der Waals surface area contributed by atoms with E-state index in [2.05, 4.69) is 0 Å². The number of benzene rings is 2. The largest absolute Gasteiger partial charge is 0.489 e. The van der Waals surface area contributed by atoms with E-state index in [-0.39, 0.29) is 12.4 Å². The van der Waals surface area contributed by atoms with E-state index in [1.165, 1.54) is 18.2 Å². The second kappa shape index (κ2) is 6.73. The Morgan fingerprint density at radius 2 is 1.90 bits per heavy atom. The van der Waals surface area contributed by atoms with Gasteiger partial charge in [-0.3, -0.25) is 0 Å². The Kier molecular flexibility index (Phi) is 4.99. The lowest BCUT2D eigenvalue weighted by Crippen LogP contribution is -1.98. The lowest BCUT2D eigenvalue weighted by molar-refractivity contribution is 0.173. The highest BCUT2D eigenvalue weighted by atomic mass is 35.5. The van der Waals surface area contributed by atoms with Crippen LogP contribution >= 0.6 is 11.6 Å². The molecule has 0 amide bonds. The number of aliphatic hydroxyl groups is 1. The number of hydrogen-bond donors (Lipinski definition) is 1. The van der Waals surface area contributed by atoms with Crippen molar-refractivity contribution in [3.63, 3.8) is 0 Å². The highest BCUT2D eigenvalue weighted by Gasteiger charge is 2.06. The van der Waals surface area contributed by atoms with Crippen molar-refractivity contribution in [2.24, 2.45) is 0 Å². The van der Waals surface area contributed by atoms with E-state index in [1.807, 2.05) is 19.1 Å². The smallest absolute Gasteiger partial charge is 0.123 e. The molecule has 1 atom stereocenters. The van der Waals surface area contributed by atoms with Crippen LogP contribution in [0.15, 0.2) is 42.5 Å². The Hall–Kier alpha value is -1.58. The third kappa shape index (κ3) is 3.71. The van der Waals surface area contributed by atoms with E-state index in [0.717, 1.165) is 5.56 Å². The lowest BCUT2D eigenvalue weighted by atomic mass is 10.1. The molecule has 0 aliphatic heterocycles. The topological polar surface area (TPSA) is 29.5 Å². The predicted molar refractivity (Wildman–Crippen MR) is 77.4 cm³/mol. The van der Waals surface area contributed by atoms with Gasteiger partial charge in [0.15, 0.2) is 0 Å². The van der Waals surface area contributed by atoms with Gasteiger partial charge in [0.1, 0.15) is 18.2 Å². The average molecular weight is 295 g/mol. The number of aliphatic hydroxyl groups excluding tert-OH is 1. The van der Waals surface area contributed by atoms with Crippen LogP contribution in [-0.4, -0.2) is 5.11 Å². The second-order valence-electron chi connectivity index (χ2n) is 4.52. The summed E-state index contributed by atoms with van der Waals surface area (Å²) in [4.78, 5) is 0. The first-order chi connectivity index (χ1) is 9.60. The van der Waals surface area contributed by atoms with Gasteiger partial charge in [-0.05, 0) is 42.3 Å². The Morgan fingerprint density at radius 1 is 1.20 bits per heavy atom. The number of rotatable bonds is 5. The van der Waals surface area contributed by atoms with Gasteiger partial charge in [0.05, 0.1) is 6.10 Å². The molecule has 2 aromatic carbocycles. The van der Waals surface area contributed by atoms with Crippen LogP contribution in [-0.2, 0) is 6.61 Å². The highest BCUT2D eigenvalue weighted by molar-refractivity contribution is 6.31. The van der Waals surface area contributed by atoms with Gasteiger partial charge in [-0.25, -0.2) is 4.39 Å². The van der Waals surface area contributed by atoms with Crippen LogP contribution in [0, 0.1) is 5.82 Å². The van der Waals surface area contributed by atoms with E-state index < -0.39 is 6.10 Å². The molecule has 1 N–H and O–H groups in total. The molecule has 2 rings (SSSR count).